The molecule has 2 aliphatic heterocycles. The van der Waals surface area contributed by atoms with E-state index in [0.717, 1.165) is 18.7 Å². The maximum absolute atomic E-state index is 12.1. The molecule has 0 aromatic heterocycles. The molecule has 6 nitrogen and oxygen atoms in total. The van der Waals surface area contributed by atoms with Crippen molar-refractivity contribution in [2.24, 2.45) is 0 Å². The van der Waals surface area contributed by atoms with Crippen LogP contribution in [0.25, 0.3) is 0 Å². The molecule has 2 heterocycles. The first-order chi connectivity index (χ1) is 10.7. The number of aliphatic hydroxyl groups excluding tert-OH is 1. The number of carbonyl (C=O) groups excluding carboxylic acids is 1. The number of β-amino-alcohol motifs (C(OH)–C–C–N with tert-alkyl or cyclic N) is 1. The van der Waals surface area contributed by atoms with E-state index in [1.54, 1.807) is 4.90 Å². The summed E-state index contributed by atoms with van der Waals surface area (Å²) in [6.07, 6.45) is -0.888. The second kappa shape index (κ2) is 7.09. The zero-order valence-electron chi connectivity index (χ0n) is 12.6. The first-order valence-electron chi connectivity index (χ1n) is 7.69. The fourth-order valence-corrected chi connectivity index (χ4v) is 3.00. The number of morpholine rings is 1. The second-order valence-corrected chi connectivity index (χ2v) is 5.73. The number of hydrogen-bond donors (Lipinski definition) is 1. The number of ether oxygens (including phenoxy) is 2. The van der Waals surface area contributed by atoms with E-state index in [9.17, 15) is 9.90 Å². The minimum absolute atomic E-state index is 0.0202. The average molecular weight is 306 g/mol. The molecule has 0 bridgehead atoms. The van der Waals surface area contributed by atoms with Gasteiger partial charge in [-0.15, -0.1) is 0 Å². The average Bonchev–Trinajstić information content (AvgIpc) is 2.96. The fraction of sp³-hybridized carbons (Fsp3) is 0.562. The van der Waals surface area contributed by atoms with E-state index < -0.39 is 6.10 Å². The summed E-state index contributed by atoms with van der Waals surface area (Å²) >= 11 is 0. The molecule has 2 fully saturated rings. The van der Waals surface area contributed by atoms with Crippen molar-refractivity contribution in [3.05, 3.63) is 35.9 Å². The molecule has 6 heteroatoms. The van der Waals surface area contributed by atoms with Crippen LogP contribution in [0.5, 0.6) is 0 Å². The minimum Gasteiger partial charge on any atom is -0.445 e. The summed E-state index contributed by atoms with van der Waals surface area (Å²) in [5.41, 5.74) is 0.959. The molecule has 1 N–H and O–H groups in total. The summed E-state index contributed by atoms with van der Waals surface area (Å²) in [7, 11) is 0. The molecule has 0 spiro atoms. The molecule has 0 radical (unpaired) electrons. The Kier molecular flexibility index (Phi) is 4.92. The molecule has 0 aliphatic carbocycles. The van der Waals surface area contributed by atoms with Gasteiger partial charge in [-0.05, 0) is 5.56 Å². The van der Waals surface area contributed by atoms with Crippen molar-refractivity contribution in [3.8, 4) is 0 Å². The van der Waals surface area contributed by atoms with E-state index in [0.29, 0.717) is 26.3 Å². The first kappa shape index (κ1) is 15.3. The Balaban J connectivity index is 1.51. The molecule has 120 valence electrons. The summed E-state index contributed by atoms with van der Waals surface area (Å²) in [6.45, 7) is 4.06. The summed E-state index contributed by atoms with van der Waals surface area (Å²) in [4.78, 5) is 15.9. The van der Waals surface area contributed by atoms with Crippen LogP contribution in [0.4, 0.5) is 4.79 Å². The van der Waals surface area contributed by atoms with Gasteiger partial charge in [-0.2, -0.15) is 0 Å². The van der Waals surface area contributed by atoms with Gasteiger partial charge in [-0.25, -0.2) is 4.79 Å². The molecule has 1 aromatic rings. The lowest BCUT2D eigenvalue weighted by molar-refractivity contribution is -0.00615. The Morgan fingerprint density at radius 2 is 1.95 bits per heavy atom. The molecule has 0 unspecified atom stereocenters. The van der Waals surface area contributed by atoms with Crippen molar-refractivity contribution in [1.82, 2.24) is 9.80 Å². The van der Waals surface area contributed by atoms with Crippen molar-refractivity contribution in [1.29, 1.82) is 0 Å². The highest BCUT2D eigenvalue weighted by Crippen LogP contribution is 2.18. The normalized spacial score (nSPS) is 26.1. The zero-order chi connectivity index (χ0) is 15.4. The molecule has 22 heavy (non-hydrogen) atoms. The van der Waals surface area contributed by atoms with Gasteiger partial charge >= 0.3 is 6.09 Å². The maximum Gasteiger partial charge on any atom is 0.410 e. The van der Waals surface area contributed by atoms with Crippen LogP contribution in [0.2, 0.25) is 0 Å². The Hall–Kier alpha value is -1.63. The van der Waals surface area contributed by atoms with Gasteiger partial charge in [0.2, 0.25) is 0 Å². The Labute approximate surface area is 130 Å². The summed E-state index contributed by atoms with van der Waals surface area (Å²) in [6, 6.07) is 9.57. The largest absolute Gasteiger partial charge is 0.445 e. The van der Waals surface area contributed by atoms with Crippen molar-refractivity contribution in [2.45, 2.75) is 18.8 Å². The molecule has 1 aromatic carbocycles. The number of aliphatic hydroxyl groups is 1. The molecule has 0 saturated carbocycles. The van der Waals surface area contributed by atoms with Crippen LogP contribution < -0.4 is 0 Å². The highest BCUT2D eigenvalue weighted by atomic mass is 16.6. The number of likely N-dealkylation sites (tertiary alicyclic amines) is 1. The van der Waals surface area contributed by atoms with E-state index in [4.69, 9.17) is 9.47 Å². The third-order valence-electron chi connectivity index (χ3n) is 4.24. The highest BCUT2D eigenvalue weighted by Gasteiger charge is 2.38. The number of hydrogen-bond acceptors (Lipinski definition) is 5. The molecule has 1 amide bonds. The topological polar surface area (TPSA) is 62.2 Å². The van der Waals surface area contributed by atoms with Gasteiger partial charge in [0.15, 0.2) is 0 Å². The van der Waals surface area contributed by atoms with Gasteiger partial charge in [-0.1, -0.05) is 30.3 Å². The molecule has 2 atom stereocenters. The van der Waals surface area contributed by atoms with E-state index in [1.165, 1.54) is 0 Å². The quantitative estimate of drug-likeness (QED) is 0.891. The molecule has 3 rings (SSSR count). The van der Waals surface area contributed by atoms with Crippen LogP contribution in [0.3, 0.4) is 0 Å². The van der Waals surface area contributed by atoms with Crippen molar-refractivity contribution in [3.63, 3.8) is 0 Å². The van der Waals surface area contributed by atoms with Crippen LogP contribution in [0.1, 0.15) is 5.56 Å². The lowest BCUT2D eigenvalue weighted by Gasteiger charge is -2.33. The lowest BCUT2D eigenvalue weighted by Crippen LogP contribution is -2.49. The molecular weight excluding hydrogens is 284 g/mol. The third kappa shape index (κ3) is 3.58. The smallest absolute Gasteiger partial charge is 0.410 e. The van der Waals surface area contributed by atoms with Crippen LogP contribution in [0.15, 0.2) is 30.3 Å². The Morgan fingerprint density at radius 3 is 2.68 bits per heavy atom. The lowest BCUT2D eigenvalue weighted by atomic mass is 10.2. The monoisotopic (exact) mass is 306 g/mol. The van der Waals surface area contributed by atoms with Gasteiger partial charge in [-0.3, -0.25) is 4.90 Å². The van der Waals surface area contributed by atoms with Crippen LogP contribution in [-0.2, 0) is 16.1 Å². The first-order valence-corrected chi connectivity index (χ1v) is 7.69. The van der Waals surface area contributed by atoms with Crippen molar-refractivity contribution in [2.75, 3.05) is 39.4 Å². The number of nitrogens with zero attached hydrogens (tertiary/aromatic N) is 2. The Morgan fingerprint density at radius 1 is 1.23 bits per heavy atom. The van der Waals surface area contributed by atoms with E-state index in [2.05, 4.69) is 4.90 Å². The third-order valence-corrected chi connectivity index (χ3v) is 4.24. The summed E-state index contributed by atoms with van der Waals surface area (Å²) in [5.74, 6) is 0. The second-order valence-electron chi connectivity index (χ2n) is 5.73. The van der Waals surface area contributed by atoms with Crippen molar-refractivity contribution < 1.29 is 19.4 Å². The summed E-state index contributed by atoms with van der Waals surface area (Å²) < 4.78 is 10.7. The van der Waals surface area contributed by atoms with E-state index in [-0.39, 0.29) is 18.7 Å². The maximum atomic E-state index is 12.1. The van der Waals surface area contributed by atoms with Crippen LogP contribution in [0, 0.1) is 0 Å². The number of amides is 1. The standard InChI is InChI=1S/C16H22N2O4/c19-15-11-18(10-14(15)17-6-8-21-9-7-17)16(20)22-12-13-4-2-1-3-5-13/h1-5,14-15,19H,6-12H2/t14-,15-/m1/s1. The fourth-order valence-electron chi connectivity index (χ4n) is 3.00. The number of rotatable bonds is 3. The van der Waals surface area contributed by atoms with E-state index >= 15 is 0 Å². The van der Waals surface area contributed by atoms with Gasteiger partial charge < -0.3 is 19.5 Å². The van der Waals surface area contributed by atoms with E-state index in [1.807, 2.05) is 30.3 Å². The minimum atomic E-state index is -0.526. The predicted octanol–water partition coefficient (Wildman–Crippen LogP) is 0.700. The van der Waals surface area contributed by atoms with Crippen LogP contribution >= 0.6 is 0 Å². The SMILES string of the molecule is O=C(OCc1ccccc1)N1C[C@@H](O)[C@H](N2CCOCC2)C1. The molecule has 2 saturated heterocycles. The zero-order valence-corrected chi connectivity index (χ0v) is 12.6. The Bertz CT molecular complexity index is 490. The van der Waals surface area contributed by atoms with Gasteiger partial charge in [0.25, 0.3) is 0 Å². The van der Waals surface area contributed by atoms with Gasteiger partial charge in [0.1, 0.15) is 6.61 Å². The number of benzene rings is 1. The molecular formula is C16H22N2O4. The van der Waals surface area contributed by atoms with Gasteiger partial charge in [0, 0.05) is 19.6 Å². The summed E-state index contributed by atoms with van der Waals surface area (Å²) in [5, 5.41) is 10.2. The predicted molar refractivity (Wildman–Crippen MR) is 80.4 cm³/mol. The van der Waals surface area contributed by atoms with Gasteiger partial charge in [0.05, 0.1) is 31.9 Å². The highest BCUT2D eigenvalue weighted by molar-refractivity contribution is 5.68. The van der Waals surface area contributed by atoms with Crippen LogP contribution in [-0.4, -0.2) is 72.5 Å². The molecule has 2 aliphatic rings. The number of carbonyl (C=O) groups is 1. The van der Waals surface area contributed by atoms with Crippen molar-refractivity contribution >= 4 is 6.09 Å².